The summed E-state index contributed by atoms with van der Waals surface area (Å²) in [7, 11) is 0. The number of para-hydroxylation sites is 1. The third kappa shape index (κ3) is 1.42. The number of hydrogen-bond acceptors (Lipinski definition) is 2. The highest BCUT2D eigenvalue weighted by atomic mass is 16.5. The second kappa shape index (κ2) is 3.38. The van der Waals surface area contributed by atoms with E-state index in [1.54, 1.807) is 0 Å². The lowest BCUT2D eigenvalue weighted by Crippen LogP contribution is -2.25. The topological polar surface area (TPSA) is 29.5 Å². The van der Waals surface area contributed by atoms with Gasteiger partial charge >= 0.3 is 0 Å². The Morgan fingerprint density at radius 3 is 3.00 bits per heavy atom. The summed E-state index contributed by atoms with van der Waals surface area (Å²) in [6.07, 6.45) is 0. The second-order valence-electron chi connectivity index (χ2n) is 3.62. The van der Waals surface area contributed by atoms with E-state index < -0.39 is 0 Å². The van der Waals surface area contributed by atoms with Gasteiger partial charge < -0.3 is 9.84 Å². The smallest absolute Gasteiger partial charge is 0.122 e. The van der Waals surface area contributed by atoms with Crippen molar-refractivity contribution in [3.63, 3.8) is 0 Å². The lowest BCUT2D eigenvalue weighted by molar-refractivity contribution is 0.155. The van der Waals surface area contributed by atoms with E-state index in [-0.39, 0.29) is 12.5 Å². The van der Waals surface area contributed by atoms with Gasteiger partial charge in [0.1, 0.15) is 5.75 Å². The summed E-state index contributed by atoms with van der Waals surface area (Å²) >= 11 is 0. The Kier molecular flexibility index (Phi) is 2.23. The summed E-state index contributed by atoms with van der Waals surface area (Å²) in [5.41, 5.74) is 1.14. The van der Waals surface area contributed by atoms with Gasteiger partial charge in [-0.05, 0) is 17.5 Å². The van der Waals surface area contributed by atoms with Gasteiger partial charge in [-0.2, -0.15) is 0 Å². The quantitative estimate of drug-likeness (QED) is 0.710. The van der Waals surface area contributed by atoms with Gasteiger partial charge in [-0.3, -0.25) is 0 Å². The Morgan fingerprint density at radius 1 is 1.46 bits per heavy atom. The van der Waals surface area contributed by atoms with E-state index in [0.717, 1.165) is 11.3 Å². The Balaban J connectivity index is 2.39. The van der Waals surface area contributed by atoms with Crippen molar-refractivity contribution < 1.29 is 9.84 Å². The van der Waals surface area contributed by atoms with Crippen molar-refractivity contribution >= 4 is 0 Å². The van der Waals surface area contributed by atoms with Crippen molar-refractivity contribution in [2.75, 3.05) is 13.2 Å². The minimum absolute atomic E-state index is 0.210. The Morgan fingerprint density at radius 2 is 2.23 bits per heavy atom. The van der Waals surface area contributed by atoms with Crippen LogP contribution in [0.3, 0.4) is 0 Å². The van der Waals surface area contributed by atoms with E-state index in [2.05, 4.69) is 6.92 Å². The number of benzene rings is 1. The first-order valence-electron chi connectivity index (χ1n) is 4.65. The predicted octanol–water partition coefficient (Wildman–Crippen LogP) is 1.79. The molecular weight excluding hydrogens is 164 g/mol. The number of rotatable bonds is 1. The molecule has 0 aromatic heterocycles. The van der Waals surface area contributed by atoms with E-state index in [9.17, 15) is 5.11 Å². The molecule has 0 saturated carbocycles. The van der Waals surface area contributed by atoms with Gasteiger partial charge in [0.25, 0.3) is 0 Å². The third-order valence-corrected chi connectivity index (χ3v) is 2.70. The zero-order valence-electron chi connectivity index (χ0n) is 7.73. The average Bonchev–Trinajstić information content (AvgIpc) is 2.18. The number of aliphatic hydroxyl groups excluding tert-OH is 1. The monoisotopic (exact) mass is 178 g/mol. The van der Waals surface area contributed by atoms with Crippen molar-refractivity contribution in [3.05, 3.63) is 29.8 Å². The third-order valence-electron chi connectivity index (χ3n) is 2.70. The first-order valence-corrected chi connectivity index (χ1v) is 4.65. The summed E-state index contributed by atoms with van der Waals surface area (Å²) in [5.74, 6) is 1.57. The standard InChI is InChI=1S/C11H14O2/c1-8-7-13-11-5-3-2-4-9(11)10(8)6-12/h2-5,8,10,12H,6-7H2,1H3/t8-,10-/m1/s1. The summed E-state index contributed by atoms with van der Waals surface area (Å²) in [5, 5.41) is 9.25. The van der Waals surface area contributed by atoms with Gasteiger partial charge in [0.05, 0.1) is 13.2 Å². The molecule has 2 atom stereocenters. The van der Waals surface area contributed by atoms with E-state index in [1.165, 1.54) is 0 Å². The summed E-state index contributed by atoms with van der Waals surface area (Å²) in [4.78, 5) is 0. The molecule has 0 radical (unpaired) electrons. The van der Waals surface area contributed by atoms with Crippen LogP contribution in [0.25, 0.3) is 0 Å². The van der Waals surface area contributed by atoms with E-state index >= 15 is 0 Å². The molecule has 0 spiro atoms. The average molecular weight is 178 g/mol. The highest BCUT2D eigenvalue weighted by molar-refractivity contribution is 5.38. The van der Waals surface area contributed by atoms with Crippen LogP contribution in [-0.2, 0) is 0 Å². The molecule has 1 aromatic carbocycles. The van der Waals surface area contributed by atoms with Crippen LogP contribution in [-0.4, -0.2) is 18.3 Å². The highest BCUT2D eigenvalue weighted by Gasteiger charge is 2.26. The first-order chi connectivity index (χ1) is 6.33. The van der Waals surface area contributed by atoms with Crippen molar-refractivity contribution in [3.8, 4) is 5.75 Å². The van der Waals surface area contributed by atoms with E-state index in [4.69, 9.17) is 4.74 Å². The van der Waals surface area contributed by atoms with E-state index in [1.807, 2.05) is 24.3 Å². The van der Waals surface area contributed by atoms with Crippen molar-refractivity contribution in [2.45, 2.75) is 12.8 Å². The molecule has 0 fully saturated rings. The summed E-state index contributed by atoms with van der Waals surface area (Å²) in [6.45, 7) is 3.03. The number of aliphatic hydroxyl groups is 1. The second-order valence-corrected chi connectivity index (χ2v) is 3.62. The molecule has 0 aliphatic carbocycles. The largest absolute Gasteiger partial charge is 0.493 e. The molecule has 13 heavy (non-hydrogen) atoms. The van der Waals surface area contributed by atoms with Crippen LogP contribution >= 0.6 is 0 Å². The van der Waals surface area contributed by atoms with Gasteiger partial charge in [0, 0.05) is 5.92 Å². The maximum atomic E-state index is 9.25. The van der Waals surface area contributed by atoms with E-state index in [0.29, 0.717) is 12.5 Å². The predicted molar refractivity (Wildman–Crippen MR) is 50.9 cm³/mol. The lowest BCUT2D eigenvalue weighted by Gasteiger charge is -2.29. The zero-order chi connectivity index (χ0) is 9.26. The van der Waals surface area contributed by atoms with Crippen molar-refractivity contribution in [1.29, 1.82) is 0 Å². The van der Waals surface area contributed by atoms with Crippen LogP contribution in [0, 0.1) is 5.92 Å². The van der Waals surface area contributed by atoms with Crippen molar-refractivity contribution in [1.82, 2.24) is 0 Å². The number of hydrogen-bond donors (Lipinski definition) is 1. The van der Waals surface area contributed by atoms with Gasteiger partial charge in [-0.1, -0.05) is 25.1 Å². The number of fused-ring (bicyclic) bond motifs is 1. The molecule has 0 amide bonds. The minimum Gasteiger partial charge on any atom is -0.493 e. The van der Waals surface area contributed by atoms with Crippen molar-refractivity contribution in [2.24, 2.45) is 5.92 Å². The fourth-order valence-electron chi connectivity index (χ4n) is 1.84. The van der Waals surface area contributed by atoms with Crippen LogP contribution < -0.4 is 4.74 Å². The van der Waals surface area contributed by atoms with Crippen LogP contribution in [0.4, 0.5) is 0 Å². The maximum Gasteiger partial charge on any atom is 0.122 e. The lowest BCUT2D eigenvalue weighted by atomic mass is 9.86. The molecule has 2 heteroatoms. The van der Waals surface area contributed by atoms with Crippen LogP contribution in [0.15, 0.2) is 24.3 Å². The Bertz CT molecular complexity index is 296. The minimum atomic E-state index is 0.210. The fraction of sp³-hybridized carbons (Fsp3) is 0.455. The SMILES string of the molecule is C[C@@H]1COc2ccccc2[C@@H]1CO. The molecule has 1 heterocycles. The molecule has 1 N–H and O–H groups in total. The first kappa shape index (κ1) is 8.57. The van der Waals surface area contributed by atoms with Crippen LogP contribution in [0.5, 0.6) is 5.75 Å². The molecule has 0 saturated heterocycles. The van der Waals surface area contributed by atoms with Gasteiger partial charge in [0.2, 0.25) is 0 Å². The maximum absolute atomic E-state index is 9.25. The Labute approximate surface area is 78.2 Å². The molecule has 2 rings (SSSR count). The number of ether oxygens (including phenoxy) is 1. The van der Waals surface area contributed by atoms with Gasteiger partial charge in [-0.25, -0.2) is 0 Å². The summed E-state index contributed by atoms with van der Waals surface area (Å²) < 4.78 is 5.56. The fourth-order valence-corrected chi connectivity index (χ4v) is 1.84. The van der Waals surface area contributed by atoms with Gasteiger partial charge in [0.15, 0.2) is 0 Å². The van der Waals surface area contributed by atoms with Gasteiger partial charge in [-0.15, -0.1) is 0 Å². The van der Waals surface area contributed by atoms with Crippen LogP contribution in [0.1, 0.15) is 18.4 Å². The summed E-state index contributed by atoms with van der Waals surface area (Å²) in [6, 6.07) is 7.95. The zero-order valence-corrected chi connectivity index (χ0v) is 7.73. The molecule has 1 aromatic rings. The molecular formula is C11H14O2. The molecule has 0 unspecified atom stereocenters. The Hall–Kier alpha value is -1.02. The normalized spacial score (nSPS) is 26.3. The molecule has 1 aliphatic heterocycles. The molecule has 0 bridgehead atoms. The highest BCUT2D eigenvalue weighted by Crippen LogP contribution is 2.35. The molecule has 70 valence electrons. The molecule has 2 nitrogen and oxygen atoms in total. The van der Waals surface area contributed by atoms with Crippen LogP contribution in [0.2, 0.25) is 0 Å². The molecule has 1 aliphatic rings.